The summed E-state index contributed by atoms with van der Waals surface area (Å²) in [6.45, 7) is 3.90. The van der Waals surface area contributed by atoms with Crippen molar-refractivity contribution in [3.8, 4) is 0 Å². The Morgan fingerprint density at radius 2 is 1.45 bits per heavy atom. The molecule has 0 fully saturated rings. The summed E-state index contributed by atoms with van der Waals surface area (Å²) in [4.78, 5) is 23.1. The monoisotopic (exact) mass is 268 g/mol. The highest BCUT2D eigenvalue weighted by Gasteiger charge is 2.07. The molecular formula is C16H16N2O2. The van der Waals surface area contributed by atoms with Crippen LogP contribution in [0.2, 0.25) is 0 Å². The van der Waals surface area contributed by atoms with E-state index >= 15 is 0 Å². The molecule has 2 aromatic rings. The number of hydrogen-bond acceptors (Lipinski definition) is 2. The molecule has 102 valence electrons. The molecule has 0 radical (unpaired) electrons. The van der Waals surface area contributed by atoms with Gasteiger partial charge in [-0.2, -0.15) is 0 Å². The van der Waals surface area contributed by atoms with E-state index in [2.05, 4.69) is 5.32 Å². The molecule has 3 N–H and O–H groups in total. The number of benzene rings is 2. The van der Waals surface area contributed by atoms with Crippen LogP contribution in [0.5, 0.6) is 0 Å². The van der Waals surface area contributed by atoms with Crippen LogP contribution in [0, 0.1) is 13.8 Å². The normalized spacial score (nSPS) is 10.1. The lowest BCUT2D eigenvalue weighted by molar-refractivity contribution is 0.0998. The zero-order valence-electron chi connectivity index (χ0n) is 11.4. The Morgan fingerprint density at radius 1 is 0.900 bits per heavy atom. The Bertz CT molecular complexity index is 640. The van der Waals surface area contributed by atoms with Crippen LogP contribution in [0.3, 0.4) is 0 Å². The van der Waals surface area contributed by atoms with Crippen molar-refractivity contribution in [1.82, 2.24) is 0 Å². The first-order chi connectivity index (χ1) is 9.45. The molecule has 0 heterocycles. The number of anilines is 1. The molecule has 0 atom stereocenters. The van der Waals surface area contributed by atoms with Crippen LogP contribution in [-0.4, -0.2) is 11.8 Å². The minimum absolute atomic E-state index is 0.177. The van der Waals surface area contributed by atoms with Crippen molar-refractivity contribution in [3.05, 3.63) is 64.7 Å². The fourth-order valence-electron chi connectivity index (χ4n) is 2.03. The summed E-state index contributed by atoms with van der Waals surface area (Å²) in [7, 11) is 0. The molecule has 2 amide bonds. The van der Waals surface area contributed by atoms with Crippen molar-refractivity contribution < 1.29 is 9.59 Å². The summed E-state index contributed by atoms with van der Waals surface area (Å²) < 4.78 is 0. The third kappa shape index (κ3) is 3.23. The van der Waals surface area contributed by atoms with Gasteiger partial charge in [-0.25, -0.2) is 0 Å². The minimum atomic E-state index is -0.489. The first kappa shape index (κ1) is 13.8. The van der Waals surface area contributed by atoms with E-state index in [1.165, 1.54) is 0 Å². The van der Waals surface area contributed by atoms with E-state index in [0.717, 1.165) is 11.1 Å². The smallest absolute Gasteiger partial charge is 0.255 e. The summed E-state index contributed by atoms with van der Waals surface area (Å²) in [5.74, 6) is -0.666. The third-order valence-corrected chi connectivity index (χ3v) is 2.91. The molecule has 20 heavy (non-hydrogen) atoms. The summed E-state index contributed by atoms with van der Waals surface area (Å²) >= 11 is 0. The van der Waals surface area contributed by atoms with Gasteiger partial charge in [-0.05, 0) is 50.2 Å². The van der Waals surface area contributed by atoms with Gasteiger partial charge in [0.15, 0.2) is 0 Å². The van der Waals surface area contributed by atoms with Crippen LogP contribution in [0.4, 0.5) is 5.69 Å². The van der Waals surface area contributed by atoms with E-state index in [4.69, 9.17) is 5.73 Å². The van der Waals surface area contributed by atoms with E-state index in [0.29, 0.717) is 16.8 Å². The summed E-state index contributed by atoms with van der Waals surface area (Å²) in [5.41, 5.74) is 8.89. The molecule has 2 rings (SSSR count). The maximum absolute atomic E-state index is 12.1. The van der Waals surface area contributed by atoms with Crippen LogP contribution in [0.1, 0.15) is 31.8 Å². The van der Waals surface area contributed by atoms with Crippen LogP contribution >= 0.6 is 0 Å². The molecular weight excluding hydrogens is 252 g/mol. The van der Waals surface area contributed by atoms with Crippen LogP contribution in [0.25, 0.3) is 0 Å². The Labute approximate surface area is 117 Å². The average molecular weight is 268 g/mol. The van der Waals surface area contributed by atoms with Crippen molar-refractivity contribution in [2.24, 2.45) is 5.73 Å². The van der Waals surface area contributed by atoms with Gasteiger partial charge in [-0.3, -0.25) is 9.59 Å². The lowest BCUT2D eigenvalue weighted by atomic mass is 10.1. The van der Waals surface area contributed by atoms with Gasteiger partial charge in [0.25, 0.3) is 5.91 Å². The van der Waals surface area contributed by atoms with Gasteiger partial charge in [-0.15, -0.1) is 0 Å². The molecule has 0 aliphatic carbocycles. The predicted molar refractivity (Wildman–Crippen MR) is 78.8 cm³/mol. The Morgan fingerprint density at radius 3 is 1.95 bits per heavy atom. The lowest BCUT2D eigenvalue weighted by Gasteiger charge is -2.07. The van der Waals surface area contributed by atoms with Crippen molar-refractivity contribution in [1.29, 1.82) is 0 Å². The molecule has 4 nitrogen and oxygen atoms in total. The maximum Gasteiger partial charge on any atom is 0.255 e. The number of carbonyl (C=O) groups is 2. The fourth-order valence-corrected chi connectivity index (χ4v) is 2.03. The van der Waals surface area contributed by atoms with Gasteiger partial charge < -0.3 is 11.1 Å². The zero-order valence-corrected chi connectivity index (χ0v) is 11.4. The van der Waals surface area contributed by atoms with Gasteiger partial charge in [0.1, 0.15) is 0 Å². The van der Waals surface area contributed by atoms with Crippen molar-refractivity contribution >= 4 is 17.5 Å². The van der Waals surface area contributed by atoms with Crippen LogP contribution < -0.4 is 11.1 Å². The second-order valence-corrected chi connectivity index (χ2v) is 4.77. The number of rotatable bonds is 3. The quantitative estimate of drug-likeness (QED) is 0.898. The van der Waals surface area contributed by atoms with E-state index in [1.807, 2.05) is 32.0 Å². The molecule has 2 aromatic carbocycles. The standard InChI is InChI=1S/C16H16N2O2/c1-10-7-11(2)9-13(8-10)16(20)18-14-5-3-12(4-6-14)15(17)19/h3-9H,1-2H3,(H2,17,19)(H,18,20). The first-order valence-corrected chi connectivity index (χ1v) is 6.25. The SMILES string of the molecule is Cc1cc(C)cc(C(=O)Nc2ccc(C(N)=O)cc2)c1. The number of primary amides is 1. The van der Waals surface area contributed by atoms with Crippen molar-refractivity contribution in [3.63, 3.8) is 0 Å². The van der Waals surface area contributed by atoms with Gasteiger partial charge in [0.05, 0.1) is 0 Å². The molecule has 0 aliphatic heterocycles. The molecule has 0 bridgehead atoms. The number of amides is 2. The summed E-state index contributed by atoms with van der Waals surface area (Å²) in [6, 6.07) is 12.2. The van der Waals surface area contributed by atoms with E-state index in [1.54, 1.807) is 24.3 Å². The van der Waals surface area contributed by atoms with Crippen molar-refractivity contribution in [2.75, 3.05) is 5.32 Å². The molecule has 0 aliphatic rings. The molecule has 0 saturated carbocycles. The number of aryl methyl sites for hydroxylation is 2. The van der Waals surface area contributed by atoms with E-state index in [-0.39, 0.29) is 5.91 Å². The summed E-state index contributed by atoms with van der Waals surface area (Å²) in [6.07, 6.45) is 0. The number of nitrogens with one attached hydrogen (secondary N) is 1. The number of carbonyl (C=O) groups excluding carboxylic acids is 2. The minimum Gasteiger partial charge on any atom is -0.366 e. The van der Waals surface area contributed by atoms with Gasteiger partial charge in [0.2, 0.25) is 5.91 Å². The second kappa shape index (κ2) is 5.57. The third-order valence-electron chi connectivity index (χ3n) is 2.91. The molecule has 4 heteroatoms. The average Bonchev–Trinajstić information content (AvgIpc) is 2.38. The van der Waals surface area contributed by atoms with E-state index in [9.17, 15) is 9.59 Å². The Hall–Kier alpha value is -2.62. The highest BCUT2D eigenvalue weighted by molar-refractivity contribution is 6.04. The maximum atomic E-state index is 12.1. The largest absolute Gasteiger partial charge is 0.366 e. The predicted octanol–water partition coefficient (Wildman–Crippen LogP) is 2.65. The topological polar surface area (TPSA) is 72.2 Å². The Balaban J connectivity index is 2.16. The number of hydrogen-bond donors (Lipinski definition) is 2. The van der Waals surface area contributed by atoms with Gasteiger partial charge >= 0.3 is 0 Å². The first-order valence-electron chi connectivity index (χ1n) is 6.25. The van der Waals surface area contributed by atoms with E-state index < -0.39 is 5.91 Å². The highest BCUT2D eigenvalue weighted by atomic mass is 16.2. The zero-order chi connectivity index (χ0) is 14.7. The summed E-state index contributed by atoms with van der Waals surface area (Å²) in [5, 5.41) is 2.79. The van der Waals surface area contributed by atoms with Crippen molar-refractivity contribution in [2.45, 2.75) is 13.8 Å². The van der Waals surface area contributed by atoms with Crippen LogP contribution in [-0.2, 0) is 0 Å². The lowest BCUT2D eigenvalue weighted by Crippen LogP contribution is -2.13. The molecule has 0 unspecified atom stereocenters. The molecule has 0 aromatic heterocycles. The number of nitrogens with two attached hydrogens (primary N) is 1. The molecule has 0 saturated heterocycles. The van der Waals surface area contributed by atoms with Crippen LogP contribution in [0.15, 0.2) is 42.5 Å². The van der Waals surface area contributed by atoms with Gasteiger partial charge in [-0.1, -0.05) is 17.2 Å². The van der Waals surface area contributed by atoms with Gasteiger partial charge in [0, 0.05) is 16.8 Å². The molecule has 0 spiro atoms. The second-order valence-electron chi connectivity index (χ2n) is 4.77. The fraction of sp³-hybridized carbons (Fsp3) is 0.125. The Kier molecular flexibility index (Phi) is 3.84. The highest BCUT2D eigenvalue weighted by Crippen LogP contribution is 2.13.